The van der Waals surface area contributed by atoms with Crippen LogP contribution in [-0.2, 0) is 0 Å². The summed E-state index contributed by atoms with van der Waals surface area (Å²) in [5, 5.41) is 19.0. The first kappa shape index (κ1) is 12.4. The fourth-order valence-electron chi connectivity index (χ4n) is 1.07. The van der Waals surface area contributed by atoms with Gasteiger partial charge in [-0.25, -0.2) is 4.79 Å². The van der Waals surface area contributed by atoms with Crippen LogP contribution in [0.4, 0.5) is 5.82 Å². The van der Waals surface area contributed by atoms with Crippen LogP contribution in [0.3, 0.4) is 0 Å². The molecule has 88 valence electrons. The van der Waals surface area contributed by atoms with Crippen molar-refractivity contribution in [3.63, 3.8) is 0 Å². The third-order valence-corrected chi connectivity index (χ3v) is 2.22. The molecule has 0 aliphatic heterocycles. The predicted molar refractivity (Wildman–Crippen MR) is 60.7 cm³/mol. The molecule has 0 aromatic carbocycles. The van der Waals surface area contributed by atoms with Crippen molar-refractivity contribution in [1.82, 2.24) is 15.1 Å². The molecule has 6 heteroatoms. The van der Waals surface area contributed by atoms with Crippen LogP contribution in [0.2, 0.25) is 0 Å². The second kappa shape index (κ2) is 6.02. The highest BCUT2D eigenvalue weighted by molar-refractivity contribution is 5.85. The maximum atomic E-state index is 10.5. The van der Waals surface area contributed by atoms with Gasteiger partial charge in [0.2, 0.25) is 0 Å². The number of aromatic carboxylic acids is 1. The van der Waals surface area contributed by atoms with E-state index in [2.05, 4.69) is 27.3 Å². The summed E-state index contributed by atoms with van der Waals surface area (Å²) in [7, 11) is 2.03. The van der Waals surface area contributed by atoms with E-state index in [-0.39, 0.29) is 5.69 Å². The highest BCUT2D eigenvalue weighted by Gasteiger charge is 2.04. The molecule has 1 aromatic rings. The number of carboxylic acids is 1. The summed E-state index contributed by atoms with van der Waals surface area (Å²) < 4.78 is 0. The van der Waals surface area contributed by atoms with Gasteiger partial charge in [-0.2, -0.15) is 0 Å². The Morgan fingerprint density at radius 3 is 2.75 bits per heavy atom. The van der Waals surface area contributed by atoms with Crippen molar-refractivity contribution >= 4 is 11.8 Å². The molecule has 0 saturated heterocycles. The fraction of sp³-hybridized carbons (Fsp3) is 0.500. The Hall–Kier alpha value is -1.69. The van der Waals surface area contributed by atoms with Gasteiger partial charge in [-0.3, -0.25) is 0 Å². The molecule has 0 radical (unpaired) electrons. The van der Waals surface area contributed by atoms with Gasteiger partial charge in [0.05, 0.1) is 0 Å². The topological polar surface area (TPSA) is 78.4 Å². The van der Waals surface area contributed by atoms with Crippen LogP contribution in [0.5, 0.6) is 0 Å². The number of nitrogens with one attached hydrogen (secondary N) is 1. The van der Waals surface area contributed by atoms with Gasteiger partial charge in [-0.1, -0.05) is 6.92 Å². The highest BCUT2D eigenvalue weighted by atomic mass is 16.4. The normalized spacial score (nSPS) is 10.4. The van der Waals surface area contributed by atoms with Gasteiger partial charge in [0.25, 0.3) is 0 Å². The number of hydrogen-bond donors (Lipinski definition) is 2. The van der Waals surface area contributed by atoms with Gasteiger partial charge in [0, 0.05) is 13.1 Å². The molecule has 2 N–H and O–H groups in total. The second-order valence-corrected chi connectivity index (χ2v) is 3.43. The van der Waals surface area contributed by atoms with Crippen LogP contribution in [0.25, 0.3) is 0 Å². The first-order chi connectivity index (χ1) is 7.63. The van der Waals surface area contributed by atoms with Crippen molar-refractivity contribution in [2.24, 2.45) is 0 Å². The van der Waals surface area contributed by atoms with Gasteiger partial charge in [-0.05, 0) is 25.7 Å². The number of nitrogens with zero attached hydrogens (tertiary/aromatic N) is 3. The number of rotatable bonds is 6. The Labute approximate surface area is 94.3 Å². The largest absolute Gasteiger partial charge is 0.476 e. The van der Waals surface area contributed by atoms with Gasteiger partial charge in [0.1, 0.15) is 5.82 Å². The maximum absolute atomic E-state index is 10.5. The number of carbonyl (C=O) groups is 1. The van der Waals surface area contributed by atoms with Crippen LogP contribution >= 0.6 is 0 Å². The maximum Gasteiger partial charge on any atom is 0.356 e. The summed E-state index contributed by atoms with van der Waals surface area (Å²) in [5.41, 5.74) is -0.0452. The van der Waals surface area contributed by atoms with Gasteiger partial charge in [0.15, 0.2) is 5.69 Å². The Morgan fingerprint density at radius 1 is 1.50 bits per heavy atom. The van der Waals surface area contributed by atoms with E-state index < -0.39 is 5.97 Å². The molecule has 1 heterocycles. The number of anilines is 1. The first-order valence-electron chi connectivity index (χ1n) is 5.13. The Morgan fingerprint density at radius 2 is 2.25 bits per heavy atom. The number of hydrogen-bond acceptors (Lipinski definition) is 5. The quantitative estimate of drug-likeness (QED) is 0.734. The molecular weight excluding hydrogens is 208 g/mol. The van der Waals surface area contributed by atoms with Crippen molar-refractivity contribution in [2.75, 3.05) is 32.0 Å². The molecule has 0 aliphatic carbocycles. The molecule has 0 unspecified atom stereocenters. The minimum Gasteiger partial charge on any atom is -0.476 e. The minimum atomic E-state index is -1.07. The summed E-state index contributed by atoms with van der Waals surface area (Å²) in [4.78, 5) is 12.7. The summed E-state index contributed by atoms with van der Waals surface area (Å²) in [6.45, 7) is 4.73. The molecule has 0 bridgehead atoms. The fourth-order valence-corrected chi connectivity index (χ4v) is 1.07. The summed E-state index contributed by atoms with van der Waals surface area (Å²) in [6.07, 6.45) is 0. The van der Waals surface area contributed by atoms with Crippen LogP contribution in [-0.4, -0.2) is 52.9 Å². The zero-order valence-electron chi connectivity index (χ0n) is 9.47. The molecule has 0 fully saturated rings. The van der Waals surface area contributed by atoms with Crippen molar-refractivity contribution < 1.29 is 9.90 Å². The number of likely N-dealkylation sites (N-methyl/N-ethyl adjacent to an activating group) is 1. The van der Waals surface area contributed by atoms with Crippen LogP contribution in [0.1, 0.15) is 17.4 Å². The lowest BCUT2D eigenvalue weighted by Gasteiger charge is -2.13. The van der Waals surface area contributed by atoms with E-state index in [4.69, 9.17) is 5.11 Å². The zero-order valence-corrected chi connectivity index (χ0v) is 9.47. The average Bonchev–Trinajstić information content (AvgIpc) is 2.29. The Bertz CT molecular complexity index is 339. The van der Waals surface area contributed by atoms with Gasteiger partial charge in [-0.15, -0.1) is 10.2 Å². The SMILES string of the molecule is CCN(C)CCNc1ccc(C(=O)O)nn1. The Balaban J connectivity index is 2.40. The summed E-state index contributed by atoms with van der Waals surface area (Å²) in [6, 6.07) is 3.05. The van der Waals surface area contributed by atoms with Gasteiger partial charge < -0.3 is 15.3 Å². The van der Waals surface area contributed by atoms with Crippen LogP contribution < -0.4 is 5.32 Å². The summed E-state index contributed by atoms with van der Waals surface area (Å²) in [5.74, 6) is -0.473. The van der Waals surface area contributed by atoms with E-state index in [1.165, 1.54) is 6.07 Å². The molecule has 6 nitrogen and oxygen atoms in total. The minimum absolute atomic E-state index is 0.0452. The summed E-state index contributed by atoms with van der Waals surface area (Å²) >= 11 is 0. The molecule has 0 atom stereocenters. The third-order valence-electron chi connectivity index (χ3n) is 2.22. The standard InChI is InChI=1S/C10H16N4O2/c1-3-14(2)7-6-11-9-5-4-8(10(15)16)12-13-9/h4-5H,3,6-7H2,1-2H3,(H,11,13)(H,15,16). The van der Waals surface area contributed by atoms with E-state index in [0.29, 0.717) is 5.82 Å². The number of aromatic nitrogens is 2. The van der Waals surface area contributed by atoms with E-state index in [1.807, 2.05) is 7.05 Å². The molecule has 16 heavy (non-hydrogen) atoms. The Kier molecular flexibility index (Phi) is 4.65. The van der Waals surface area contributed by atoms with Crippen molar-refractivity contribution in [1.29, 1.82) is 0 Å². The molecule has 0 amide bonds. The van der Waals surface area contributed by atoms with Crippen molar-refractivity contribution in [3.05, 3.63) is 17.8 Å². The van der Waals surface area contributed by atoms with Crippen molar-refractivity contribution in [3.8, 4) is 0 Å². The molecule has 0 saturated carbocycles. The van der Waals surface area contributed by atoms with Crippen LogP contribution in [0, 0.1) is 0 Å². The van der Waals surface area contributed by atoms with Crippen LogP contribution in [0.15, 0.2) is 12.1 Å². The molecule has 0 aliphatic rings. The lowest BCUT2D eigenvalue weighted by Crippen LogP contribution is -2.25. The van der Waals surface area contributed by atoms with E-state index >= 15 is 0 Å². The predicted octanol–water partition coefficient (Wildman–Crippen LogP) is 0.538. The second-order valence-electron chi connectivity index (χ2n) is 3.43. The van der Waals surface area contributed by atoms with Crippen molar-refractivity contribution in [2.45, 2.75) is 6.92 Å². The molecule has 1 aromatic heterocycles. The zero-order chi connectivity index (χ0) is 12.0. The lowest BCUT2D eigenvalue weighted by molar-refractivity contribution is 0.0689. The van der Waals surface area contributed by atoms with E-state index in [9.17, 15) is 4.79 Å². The average molecular weight is 224 g/mol. The highest BCUT2D eigenvalue weighted by Crippen LogP contribution is 2.01. The first-order valence-corrected chi connectivity index (χ1v) is 5.13. The lowest BCUT2D eigenvalue weighted by atomic mass is 10.4. The smallest absolute Gasteiger partial charge is 0.356 e. The third kappa shape index (κ3) is 3.82. The molecule has 1 rings (SSSR count). The number of carboxylic acid groups (broad SMARTS) is 1. The van der Waals surface area contributed by atoms with E-state index in [0.717, 1.165) is 19.6 Å². The van der Waals surface area contributed by atoms with E-state index in [1.54, 1.807) is 6.07 Å². The monoisotopic (exact) mass is 224 g/mol. The van der Waals surface area contributed by atoms with Gasteiger partial charge >= 0.3 is 5.97 Å². The molecular formula is C10H16N4O2. The molecule has 0 spiro atoms.